The molecular formula is C11H8N4O2S. The van der Waals surface area contributed by atoms with Gasteiger partial charge < -0.3 is 5.32 Å². The number of nitrogens with one attached hydrogen (secondary N) is 1. The molecular weight excluding hydrogens is 252 g/mol. The molecule has 0 amide bonds. The first-order chi connectivity index (χ1) is 8.67. The largest absolute Gasteiger partial charge is 0.335 e. The Labute approximate surface area is 103 Å². The average Bonchev–Trinajstić information content (AvgIpc) is 2.39. The van der Waals surface area contributed by atoms with Crippen molar-refractivity contribution >= 4 is 21.5 Å². The monoisotopic (exact) mass is 260 g/mol. The number of fused-ring (bicyclic) bond motifs is 1. The minimum atomic E-state index is -3.69. The van der Waals surface area contributed by atoms with Crippen LogP contribution in [0.25, 0.3) is 0 Å². The maximum absolute atomic E-state index is 12.0. The van der Waals surface area contributed by atoms with E-state index in [-0.39, 0.29) is 16.6 Å². The van der Waals surface area contributed by atoms with Gasteiger partial charge >= 0.3 is 0 Å². The van der Waals surface area contributed by atoms with Gasteiger partial charge in [0.2, 0.25) is 0 Å². The van der Waals surface area contributed by atoms with E-state index in [1.807, 2.05) is 0 Å². The second kappa shape index (κ2) is 3.88. The van der Waals surface area contributed by atoms with Crippen LogP contribution in [-0.4, -0.2) is 24.2 Å². The first-order valence-electron chi connectivity index (χ1n) is 5.15. The quantitative estimate of drug-likeness (QED) is 0.828. The van der Waals surface area contributed by atoms with Crippen LogP contribution in [0.2, 0.25) is 0 Å². The van der Waals surface area contributed by atoms with Crippen LogP contribution in [0.1, 0.15) is 5.82 Å². The van der Waals surface area contributed by atoms with Gasteiger partial charge in [-0.05, 0) is 18.2 Å². The van der Waals surface area contributed by atoms with Gasteiger partial charge in [-0.15, -0.1) is 4.40 Å². The summed E-state index contributed by atoms with van der Waals surface area (Å²) in [6, 6.07) is 8.22. The summed E-state index contributed by atoms with van der Waals surface area (Å²) >= 11 is 0. The van der Waals surface area contributed by atoms with Gasteiger partial charge in [-0.1, -0.05) is 12.1 Å². The Morgan fingerprint density at radius 2 is 1.72 bits per heavy atom. The molecule has 0 aliphatic carbocycles. The van der Waals surface area contributed by atoms with E-state index in [4.69, 9.17) is 0 Å². The minimum absolute atomic E-state index is 0.134. The lowest BCUT2D eigenvalue weighted by atomic mass is 10.3. The maximum Gasteiger partial charge on any atom is 0.286 e. The van der Waals surface area contributed by atoms with Crippen molar-refractivity contribution in [3.63, 3.8) is 0 Å². The number of anilines is 1. The van der Waals surface area contributed by atoms with Gasteiger partial charge in [-0.25, -0.2) is 9.97 Å². The van der Waals surface area contributed by atoms with E-state index in [9.17, 15) is 8.42 Å². The Kier molecular flexibility index (Phi) is 2.34. The zero-order valence-corrected chi connectivity index (χ0v) is 9.92. The molecule has 7 heteroatoms. The molecule has 18 heavy (non-hydrogen) atoms. The Morgan fingerprint density at radius 1 is 1.00 bits per heavy atom. The number of amidine groups is 1. The first kappa shape index (κ1) is 10.8. The number of para-hydroxylation sites is 1. The van der Waals surface area contributed by atoms with Crippen molar-refractivity contribution in [2.24, 2.45) is 4.40 Å². The number of benzene rings is 1. The molecule has 3 rings (SSSR count). The lowest BCUT2D eigenvalue weighted by molar-refractivity contribution is 0.598. The highest BCUT2D eigenvalue weighted by atomic mass is 32.2. The van der Waals surface area contributed by atoms with E-state index >= 15 is 0 Å². The molecule has 2 heterocycles. The van der Waals surface area contributed by atoms with Gasteiger partial charge in [-0.2, -0.15) is 8.42 Å². The lowest BCUT2D eigenvalue weighted by Crippen LogP contribution is -2.24. The molecule has 90 valence electrons. The molecule has 2 aromatic rings. The molecule has 1 aliphatic heterocycles. The second-order valence-corrected chi connectivity index (χ2v) is 5.18. The van der Waals surface area contributed by atoms with Crippen molar-refractivity contribution in [3.05, 3.63) is 48.5 Å². The summed E-state index contributed by atoms with van der Waals surface area (Å²) in [7, 11) is -3.69. The fraction of sp³-hybridized carbons (Fsp3) is 0. The minimum Gasteiger partial charge on any atom is -0.335 e. The molecule has 0 saturated heterocycles. The summed E-state index contributed by atoms with van der Waals surface area (Å²) in [5, 5.41) is 2.91. The van der Waals surface area contributed by atoms with Crippen LogP contribution in [0, 0.1) is 0 Å². The summed E-state index contributed by atoms with van der Waals surface area (Å²) in [6.07, 6.45) is 3.05. The number of aromatic nitrogens is 2. The molecule has 1 N–H and O–H groups in total. The number of hydrogen-bond donors (Lipinski definition) is 1. The molecule has 1 aromatic heterocycles. The van der Waals surface area contributed by atoms with Gasteiger partial charge in [0.1, 0.15) is 4.90 Å². The summed E-state index contributed by atoms with van der Waals surface area (Å²) in [5.74, 6) is 0.380. The van der Waals surface area contributed by atoms with Gasteiger partial charge in [0.05, 0.1) is 5.69 Å². The fourth-order valence-electron chi connectivity index (χ4n) is 1.63. The van der Waals surface area contributed by atoms with Crippen LogP contribution in [0.15, 0.2) is 52.0 Å². The molecule has 0 saturated carbocycles. The molecule has 0 atom stereocenters. The third-order valence-corrected chi connectivity index (χ3v) is 3.74. The predicted octanol–water partition coefficient (Wildman–Crippen LogP) is 1.04. The average molecular weight is 260 g/mol. The fourth-order valence-corrected chi connectivity index (χ4v) is 2.75. The van der Waals surface area contributed by atoms with Crippen LogP contribution in [0.4, 0.5) is 5.69 Å². The van der Waals surface area contributed by atoms with Crippen LogP contribution in [0.3, 0.4) is 0 Å². The maximum atomic E-state index is 12.0. The Bertz CT molecular complexity index is 726. The van der Waals surface area contributed by atoms with Gasteiger partial charge in [0.15, 0.2) is 11.7 Å². The molecule has 0 bridgehead atoms. The molecule has 1 aliphatic rings. The summed E-state index contributed by atoms with van der Waals surface area (Å²) < 4.78 is 27.6. The van der Waals surface area contributed by atoms with Gasteiger partial charge in [0.25, 0.3) is 10.0 Å². The molecule has 0 spiro atoms. The Hall–Kier alpha value is -2.28. The van der Waals surface area contributed by atoms with E-state index in [0.717, 1.165) is 0 Å². The first-order valence-corrected chi connectivity index (χ1v) is 6.59. The normalized spacial score (nSPS) is 16.3. The van der Waals surface area contributed by atoms with Gasteiger partial charge in [-0.3, -0.25) is 0 Å². The van der Waals surface area contributed by atoms with E-state index in [0.29, 0.717) is 5.69 Å². The number of hydrogen-bond acceptors (Lipinski definition) is 5. The van der Waals surface area contributed by atoms with Crippen molar-refractivity contribution in [1.82, 2.24) is 9.97 Å². The van der Waals surface area contributed by atoms with E-state index in [2.05, 4.69) is 19.7 Å². The van der Waals surface area contributed by atoms with Crippen LogP contribution >= 0.6 is 0 Å². The number of sulfonamides is 1. The van der Waals surface area contributed by atoms with Crippen molar-refractivity contribution in [3.8, 4) is 0 Å². The molecule has 1 aromatic carbocycles. The molecule has 6 nitrogen and oxygen atoms in total. The van der Waals surface area contributed by atoms with Crippen LogP contribution < -0.4 is 5.32 Å². The highest BCUT2D eigenvalue weighted by Crippen LogP contribution is 2.27. The molecule has 0 radical (unpaired) electrons. The summed E-state index contributed by atoms with van der Waals surface area (Å²) in [6.45, 7) is 0. The van der Waals surface area contributed by atoms with Gasteiger partial charge in [0, 0.05) is 12.4 Å². The molecule has 0 unspecified atom stereocenters. The van der Waals surface area contributed by atoms with Crippen molar-refractivity contribution in [2.45, 2.75) is 4.90 Å². The van der Waals surface area contributed by atoms with E-state index in [1.165, 1.54) is 18.5 Å². The smallest absolute Gasteiger partial charge is 0.286 e. The second-order valence-electron chi connectivity index (χ2n) is 3.61. The zero-order valence-electron chi connectivity index (χ0n) is 9.11. The van der Waals surface area contributed by atoms with E-state index < -0.39 is 10.0 Å². The van der Waals surface area contributed by atoms with Crippen molar-refractivity contribution in [1.29, 1.82) is 0 Å². The summed E-state index contributed by atoms with van der Waals surface area (Å²) in [5.41, 5.74) is 0.481. The predicted molar refractivity (Wildman–Crippen MR) is 65.8 cm³/mol. The SMILES string of the molecule is O=S1(=O)N=C(c2ncccn2)Nc2ccccc21. The zero-order chi connectivity index (χ0) is 12.6. The lowest BCUT2D eigenvalue weighted by Gasteiger charge is -2.16. The third-order valence-electron chi connectivity index (χ3n) is 2.41. The van der Waals surface area contributed by atoms with Crippen molar-refractivity contribution in [2.75, 3.05) is 5.32 Å². The third kappa shape index (κ3) is 1.74. The topological polar surface area (TPSA) is 84.3 Å². The Morgan fingerprint density at radius 3 is 2.50 bits per heavy atom. The van der Waals surface area contributed by atoms with Crippen molar-refractivity contribution < 1.29 is 8.42 Å². The number of nitrogens with zero attached hydrogens (tertiary/aromatic N) is 3. The van der Waals surface area contributed by atoms with Crippen LogP contribution in [0.5, 0.6) is 0 Å². The highest BCUT2D eigenvalue weighted by Gasteiger charge is 2.25. The standard InChI is InChI=1S/C11H8N4O2S/c16-18(17)9-5-2-1-4-8(9)14-11(15-18)10-12-6-3-7-13-10/h1-7H,(H,14,15). The Balaban J connectivity index is 2.16. The summed E-state index contributed by atoms with van der Waals surface area (Å²) in [4.78, 5) is 8.10. The van der Waals surface area contributed by atoms with Crippen LogP contribution in [-0.2, 0) is 10.0 Å². The van der Waals surface area contributed by atoms with E-state index in [1.54, 1.807) is 24.3 Å². The molecule has 0 fully saturated rings. The number of rotatable bonds is 1. The highest BCUT2D eigenvalue weighted by molar-refractivity contribution is 7.90.